The van der Waals surface area contributed by atoms with Gasteiger partial charge in [0.15, 0.2) is 0 Å². The highest BCUT2D eigenvalue weighted by Gasteiger charge is 2.18. The van der Waals surface area contributed by atoms with E-state index >= 15 is 0 Å². The largest absolute Gasteiger partial charge is 0.227 e. The Balaban J connectivity index is 4.47. The molecule has 0 aliphatic heterocycles. The molecule has 0 aromatic rings. The second kappa shape index (κ2) is 3.05. The van der Waals surface area contributed by atoms with Gasteiger partial charge in [-0.15, -0.1) is 0 Å². The van der Waals surface area contributed by atoms with Crippen LogP contribution in [-0.2, 0) is 20.0 Å². The highest BCUT2D eigenvalue weighted by molar-refractivity contribution is 7.92. The fraction of sp³-hybridized carbons (Fsp3) is 1.00. The minimum Gasteiger partial charge on any atom is -0.227 e. The predicted octanol–water partition coefficient (Wildman–Crippen LogP) is -1.83. The van der Waals surface area contributed by atoms with E-state index in [0.29, 0.717) is 0 Å². The van der Waals surface area contributed by atoms with Crippen LogP contribution in [-0.4, -0.2) is 28.5 Å². The molecule has 0 bridgehead atoms. The van der Waals surface area contributed by atoms with E-state index in [1.165, 1.54) is 0 Å². The lowest BCUT2D eigenvalue weighted by molar-refractivity contribution is 0.564. The molecule has 0 heterocycles. The molecule has 0 radical (unpaired) electrons. The highest BCUT2D eigenvalue weighted by Crippen LogP contribution is 1.90. The molecule has 0 amide bonds. The maximum Gasteiger partial charge on any atom is 0.225 e. The lowest BCUT2D eigenvalue weighted by Crippen LogP contribution is -2.41. The smallest absolute Gasteiger partial charge is 0.225 e. The SMILES string of the molecule is CC(NS(C)(=O)=O)S(N)(=O)=O. The Hall–Kier alpha value is -0.180. The van der Waals surface area contributed by atoms with Crippen molar-refractivity contribution in [2.45, 2.75) is 12.3 Å². The van der Waals surface area contributed by atoms with Gasteiger partial charge in [-0.1, -0.05) is 0 Å². The molecular formula is C3H10N2O4S2. The van der Waals surface area contributed by atoms with Crippen LogP contribution in [0.4, 0.5) is 0 Å². The van der Waals surface area contributed by atoms with Crippen molar-refractivity contribution >= 4 is 20.0 Å². The number of sulfonamides is 2. The van der Waals surface area contributed by atoms with Gasteiger partial charge >= 0.3 is 0 Å². The van der Waals surface area contributed by atoms with E-state index in [1.54, 1.807) is 0 Å². The zero-order valence-electron chi connectivity index (χ0n) is 6.10. The maximum absolute atomic E-state index is 10.5. The molecule has 0 saturated carbocycles. The summed E-state index contributed by atoms with van der Waals surface area (Å²) in [5.74, 6) is 0. The molecule has 6 nitrogen and oxygen atoms in total. The van der Waals surface area contributed by atoms with Gasteiger partial charge in [0.25, 0.3) is 0 Å². The molecule has 0 rings (SSSR count). The van der Waals surface area contributed by atoms with Gasteiger partial charge in [0.2, 0.25) is 20.0 Å². The van der Waals surface area contributed by atoms with Gasteiger partial charge in [-0.05, 0) is 6.92 Å². The molecule has 11 heavy (non-hydrogen) atoms. The summed E-state index contributed by atoms with van der Waals surface area (Å²) >= 11 is 0. The van der Waals surface area contributed by atoms with E-state index in [4.69, 9.17) is 0 Å². The van der Waals surface area contributed by atoms with Gasteiger partial charge in [-0.2, -0.15) is 4.72 Å². The number of primary sulfonamides is 1. The Labute approximate surface area is 65.9 Å². The fourth-order valence-electron chi connectivity index (χ4n) is 0.369. The fourth-order valence-corrected chi connectivity index (χ4v) is 2.03. The van der Waals surface area contributed by atoms with Gasteiger partial charge in [-0.3, -0.25) is 0 Å². The van der Waals surface area contributed by atoms with Crippen LogP contribution in [0.15, 0.2) is 0 Å². The molecule has 0 aromatic carbocycles. The summed E-state index contributed by atoms with van der Waals surface area (Å²) in [4.78, 5) is 0. The molecule has 0 fully saturated rings. The molecule has 0 saturated heterocycles. The highest BCUT2D eigenvalue weighted by atomic mass is 32.2. The second-order valence-electron chi connectivity index (χ2n) is 2.12. The van der Waals surface area contributed by atoms with Crippen LogP contribution in [0.1, 0.15) is 6.92 Å². The first-order valence-corrected chi connectivity index (χ1v) is 6.12. The van der Waals surface area contributed by atoms with Crippen molar-refractivity contribution in [3.05, 3.63) is 0 Å². The first kappa shape index (κ1) is 10.8. The Bertz CT molecular complexity index is 315. The van der Waals surface area contributed by atoms with Crippen LogP contribution < -0.4 is 9.86 Å². The quantitative estimate of drug-likeness (QED) is 0.561. The Morgan fingerprint density at radius 1 is 1.27 bits per heavy atom. The third kappa shape index (κ3) is 5.13. The standard InChI is InChI=1S/C3H10N2O4S2/c1-3(11(4,8)9)5-10(2,6)7/h3,5H,1-2H3,(H2,4,8,9). The zero-order chi connectivity index (χ0) is 9.28. The van der Waals surface area contributed by atoms with Crippen LogP contribution >= 0.6 is 0 Å². The van der Waals surface area contributed by atoms with Gasteiger partial charge in [0, 0.05) is 0 Å². The summed E-state index contributed by atoms with van der Waals surface area (Å²) in [5, 5.41) is 3.35. The van der Waals surface area contributed by atoms with Gasteiger partial charge in [0.05, 0.1) is 6.26 Å². The van der Waals surface area contributed by atoms with Crippen molar-refractivity contribution in [2.75, 3.05) is 6.26 Å². The molecule has 1 atom stereocenters. The topological polar surface area (TPSA) is 106 Å². The van der Waals surface area contributed by atoms with Crippen molar-refractivity contribution in [3.63, 3.8) is 0 Å². The average Bonchev–Trinajstić information content (AvgIpc) is 1.56. The van der Waals surface area contributed by atoms with E-state index in [0.717, 1.165) is 13.2 Å². The predicted molar refractivity (Wildman–Crippen MR) is 40.5 cm³/mol. The van der Waals surface area contributed by atoms with Crippen molar-refractivity contribution < 1.29 is 16.8 Å². The van der Waals surface area contributed by atoms with E-state index in [2.05, 4.69) is 5.14 Å². The Morgan fingerprint density at radius 3 is 1.73 bits per heavy atom. The summed E-state index contributed by atoms with van der Waals surface area (Å²) in [6, 6.07) is 0. The van der Waals surface area contributed by atoms with Crippen molar-refractivity contribution in [1.82, 2.24) is 4.72 Å². The molecular weight excluding hydrogens is 192 g/mol. The molecule has 8 heteroatoms. The number of rotatable bonds is 3. The maximum atomic E-state index is 10.5. The van der Waals surface area contributed by atoms with Crippen molar-refractivity contribution in [2.24, 2.45) is 5.14 Å². The number of hydrogen-bond acceptors (Lipinski definition) is 4. The first-order valence-electron chi connectivity index (χ1n) is 2.62. The zero-order valence-corrected chi connectivity index (χ0v) is 7.74. The summed E-state index contributed by atoms with van der Waals surface area (Å²) in [6.45, 7) is 1.15. The first-order chi connectivity index (χ1) is 4.63. The number of nitrogens with one attached hydrogen (secondary N) is 1. The van der Waals surface area contributed by atoms with Crippen LogP contribution in [0.25, 0.3) is 0 Å². The lowest BCUT2D eigenvalue weighted by Gasteiger charge is -2.08. The van der Waals surface area contributed by atoms with Gasteiger partial charge < -0.3 is 0 Å². The Kier molecular flexibility index (Phi) is 3.00. The molecule has 0 aromatic heterocycles. The second-order valence-corrected chi connectivity index (χ2v) is 5.79. The van der Waals surface area contributed by atoms with Crippen LogP contribution in [0, 0.1) is 0 Å². The molecule has 0 aliphatic rings. The lowest BCUT2D eigenvalue weighted by atomic mass is 10.8. The molecule has 0 spiro atoms. The van der Waals surface area contributed by atoms with Crippen LogP contribution in [0.2, 0.25) is 0 Å². The summed E-state index contributed by atoms with van der Waals surface area (Å²) in [5.41, 5.74) is 0. The van der Waals surface area contributed by atoms with Crippen molar-refractivity contribution in [1.29, 1.82) is 0 Å². The molecule has 1 unspecified atom stereocenters. The molecule has 0 aliphatic carbocycles. The van der Waals surface area contributed by atoms with Crippen LogP contribution in [0.3, 0.4) is 0 Å². The normalized spacial score (nSPS) is 16.3. The van der Waals surface area contributed by atoms with E-state index in [-0.39, 0.29) is 0 Å². The van der Waals surface area contributed by atoms with E-state index in [9.17, 15) is 16.8 Å². The molecule has 68 valence electrons. The third-order valence-corrected chi connectivity index (χ3v) is 2.91. The summed E-state index contributed by atoms with van der Waals surface area (Å²) in [6.07, 6.45) is 0.856. The van der Waals surface area contributed by atoms with E-state index < -0.39 is 25.4 Å². The minimum atomic E-state index is -3.83. The average molecular weight is 202 g/mol. The minimum absolute atomic E-state index is 0.856. The number of nitrogens with two attached hydrogens (primary N) is 1. The summed E-state index contributed by atoms with van der Waals surface area (Å²) < 4.78 is 43.7. The van der Waals surface area contributed by atoms with Crippen LogP contribution in [0.5, 0.6) is 0 Å². The Morgan fingerprint density at radius 2 is 1.64 bits per heavy atom. The number of hydrogen-bond donors (Lipinski definition) is 2. The third-order valence-electron chi connectivity index (χ3n) is 0.873. The molecule has 3 N–H and O–H groups in total. The van der Waals surface area contributed by atoms with Gasteiger partial charge in [-0.25, -0.2) is 22.0 Å². The monoisotopic (exact) mass is 202 g/mol. The van der Waals surface area contributed by atoms with E-state index in [1.807, 2.05) is 4.72 Å². The van der Waals surface area contributed by atoms with Gasteiger partial charge in [0.1, 0.15) is 5.37 Å². The summed E-state index contributed by atoms with van der Waals surface area (Å²) in [7, 11) is -7.34. The van der Waals surface area contributed by atoms with Crippen molar-refractivity contribution in [3.8, 4) is 0 Å².